The number of carbonyl (C=O) groups excluding carboxylic acids is 1. The Morgan fingerprint density at radius 1 is 1.58 bits per heavy atom. The van der Waals surface area contributed by atoms with E-state index in [0.717, 1.165) is 12.8 Å². The van der Waals surface area contributed by atoms with Crippen LogP contribution in [0.2, 0.25) is 0 Å². The lowest BCUT2D eigenvalue weighted by molar-refractivity contribution is -0.140. The summed E-state index contributed by atoms with van der Waals surface area (Å²) in [5, 5.41) is 0. The highest BCUT2D eigenvalue weighted by atomic mass is 32.2. The van der Waals surface area contributed by atoms with Crippen molar-refractivity contribution in [2.75, 3.05) is 32.6 Å². The maximum Gasteiger partial charge on any atom is 0.306 e. The van der Waals surface area contributed by atoms with Crippen molar-refractivity contribution in [2.24, 2.45) is 0 Å². The van der Waals surface area contributed by atoms with Crippen LogP contribution in [0.1, 0.15) is 19.3 Å². The molecule has 6 nitrogen and oxygen atoms in total. The lowest BCUT2D eigenvalue weighted by atomic mass is 10.2. The molecule has 1 aliphatic rings. The van der Waals surface area contributed by atoms with Crippen LogP contribution in [-0.4, -0.2) is 57.4 Å². The van der Waals surface area contributed by atoms with Gasteiger partial charge in [-0.05, 0) is 12.8 Å². The smallest absolute Gasteiger partial charge is 0.306 e. The van der Waals surface area contributed by atoms with Gasteiger partial charge in [0.05, 0.1) is 25.4 Å². The molecule has 0 aromatic rings. The second-order valence-electron chi connectivity index (χ2n) is 4.39. The predicted molar refractivity (Wildman–Crippen MR) is 71.2 cm³/mol. The van der Waals surface area contributed by atoms with Crippen molar-refractivity contribution in [2.45, 2.75) is 25.4 Å². The van der Waals surface area contributed by atoms with Crippen molar-refractivity contribution in [3.63, 3.8) is 0 Å². The van der Waals surface area contributed by atoms with Crippen LogP contribution in [0.3, 0.4) is 0 Å². The standard InChI is InChI=1S/C12H21NO5S/c1-3-9-19(15,16)13(7-6-12(14)17-2)10-11-5-4-8-18-11/h3,11H,1,4-10H2,2H3. The maximum absolute atomic E-state index is 12.1. The molecule has 1 aliphatic heterocycles. The quantitative estimate of drug-likeness (QED) is 0.482. The van der Waals surface area contributed by atoms with E-state index >= 15 is 0 Å². The number of ether oxygens (including phenoxy) is 2. The normalized spacial score (nSPS) is 19.6. The Morgan fingerprint density at radius 2 is 2.32 bits per heavy atom. The molecular formula is C12H21NO5S. The Bertz CT molecular complexity index is 400. The first-order valence-electron chi connectivity index (χ1n) is 6.26. The van der Waals surface area contributed by atoms with Gasteiger partial charge >= 0.3 is 5.97 Å². The van der Waals surface area contributed by atoms with Crippen molar-refractivity contribution >= 4 is 16.0 Å². The average Bonchev–Trinajstić information content (AvgIpc) is 2.86. The van der Waals surface area contributed by atoms with Crippen molar-refractivity contribution in [3.8, 4) is 0 Å². The van der Waals surface area contributed by atoms with Crippen LogP contribution in [0.5, 0.6) is 0 Å². The zero-order valence-electron chi connectivity index (χ0n) is 11.2. The summed E-state index contributed by atoms with van der Waals surface area (Å²) in [7, 11) is -2.15. The van der Waals surface area contributed by atoms with Crippen molar-refractivity contribution in [3.05, 3.63) is 12.7 Å². The molecule has 0 aliphatic carbocycles. The topological polar surface area (TPSA) is 72.9 Å². The highest BCUT2D eigenvalue weighted by Gasteiger charge is 2.27. The average molecular weight is 291 g/mol. The Kier molecular flexibility index (Phi) is 6.47. The predicted octanol–water partition coefficient (Wildman–Crippen LogP) is 0.546. The van der Waals surface area contributed by atoms with E-state index in [1.54, 1.807) is 0 Å². The van der Waals surface area contributed by atoms with Crippen molar-refractivity contribution < 1.29 is 22.7 Å². The zero-order chi connectivity index (χ0) is 14.3. The van der Waals surface area contributed by atoms with Gasteiger partial charge in [-0.1, -0.05) is 6.08 Å². The van der Waals surface area contributed by atoms with Gasteiger partial charge in [-0.2, -0.15) is 4.31 Å². The van der Waals surface area contributed by atoms with Gasteiger partial charge < -0.3 is 9.47 Å². The van der Waals surface area contributed by atoms with Crippen LogP contribution in [0.25, 0.3) is 0 Å². The van der Waals surface area contributed by atoms with Gasteiger partial charge in [0.2, 0.25) is 10.0 Å². The minimum atomic E-state index is -3.44. The zero-order valence-corrected chi connectivity index (χ0v) is 12.0. The Labute approximate surface area is 114 Å². The number of methoxy groups -OCH3 is 1. The van der Waals surface area contributed by atoms with Gasteiger partial charge in [0, 0.05) is 19.7 Å². The first-order valence-corrected chi connectivity index (χ1v) is 7.87. The molecular weight excluding hydrogens is 270 g/mol. The molecule has 0 aromatic heterocycles. The number of sulfonamides is 1. The second-order valence-corrected chi connectivity index (χ2v) is 6.40. The first kappa shape index (κ1) is 16.1. The summed E-state index contributed by atoms with van der Waals surface area (Å²) in [5.74, 6) is -0.563. The first-order chi connectivity index (χ1) is 8.99. The molecule has 1 unspecified atom stereocenters. The van der Waals surface area contributed by atoms with Crippen LogP contribution in [-0.2, 0) is 24.3 Å². The number of nitrogens with zero attached hydrogens (tertiary/aromatic N) is 1. The molecule has 0 aromatic carbocycles. The molecule has 19 heavy (non-hydrogen) atoms. The van der Waals surface area contributed by atoms with Gasteiger partial charge in [-0.15, -0.1) is 6.58 Å². The van der Waals surface area contributed by atoms with Crippen LogP contribution in [0, 0.1) is 0 Å². The van der Waals surface area contributed by atoms with E-state index < -0.39 is 16.0 Å². The Balaban J connectivity index is 2.65. The highest BCUT2D eigenvalue weighted by molar-refractivity contribution is 7.89. The molecule has 0 spiro atoms. The van der Waals surface area contributed by atoms with E-state index in [1.807, 2.05) is 0 Å². The largest absolute Gasteiger partial charge is 0.469 e. The van der Waals surface area contributed by atoms with E-state index in [-0.39, 0.29) is 31.4 Å². The summed E-state index contributed by atoms with van der Waals surface area (Å²) < 4.78 is 35.4. The molecule has 0 saturated carbocycles. The van der Waals surface area contributed by atoms with Crippen LogP contribution in [0.15, 0.2) is 12.7 Å². The molecule has 1 rings (SSSR count). The minimum Gasteiger partial charge on any atom is -0.469 e. The summed E-state index contributed by atoms with van der Waals surface area (Å²) in [4.78, 5) is 11.1. The summed E-state index contributed by atoms with van der Waals surface area (Å²) in [6.45, 7) is 4.51. The SMILES string of the molecule is C=CCS(=O)(=O)N(CCC(=O)OC)CC1CCCO1. The number of esters is 1. The third-order valence-electron chi connectivity index (χ3n) is 2.95. The van der Waals surface area contributed by atoms with E-state index in [1.165, 1.54) is 17.5 Å². The Morgan fingerprint density at radius 3 is 2.84 bits per heavy atom. The van der Waals surface area contributed by atoms with Gasteiger partial charge in [-0.25, -0.2) is 8.42 Å². The van der Waals surface area contributed by atoms with Crippen LogP contribution in [0.4, 0.5) is 0 Å². The molecule has 1 saturated heterocycles. The van der Waals surface area contributed by atoms with Crippen molar-refractivity contribution in [1.82, 2.24) is 4.31 Å². The molecule has 0 amide bonds. The summed E-state index contributed by atoms with van der Waals surface area (Å²) in [5.41, 5.74) is 0. The molecule has 7 heteroatoms. The van der Waals surface area contributed by atoms with Gasteiger partial charge in [-0.3, -0.25) is 4.79 Å². The van der Waals surface area contributed by atoms with E-state index in [4.69, 9.17) is 4.74 Å². The Hall–Kier alpha value is -0.920. The molecule has 110 valence electrons. The van der Waals surface area contributed by atoms with E-state index in [2.05, 4.69) is 11.3 Å². The molecule has 1 heterocycles. The summed E-state index contributed by atoms with van der Waals surface area (Å²) in [6.07, 6.45) is 3.09. The number of hydrogen-bond donors (Lipinski definition) is 0. The maximum atomic E-state index is 12.1. The monoisotopic (exact) mass is 291 g/mol. The third-order valence-corrected chi connectivity index (χ3v) is 4.72. The molecule has 0 N–H and O–H groups in total. The lowest BCUT2D eigenvalue weighted by Crippen LogP contribution is -2.39. The third kappa shape index (κ3) is 5.30. The fraction of sp³-hybridized carbons (Fsp3) is 0.750. The molecule has 1 fully saturated rings. The molecule has 0 bridgehead atoms. The molecule has 1 atom stereocenters. The highest BCUT2D eigenvalue weighted by Crippen LogP contribution is 2.16. The fourth-order valence-corrected chi connectivity index (χ4v) is 3.20. The minimum absolute atomic E-state index is 0.0413. The van der Waals surface area contributed by atoms with Gasteiger partial charge in [0.15, 0.2) is 0 Å². The van der Waals surface area contributed by atoms with Gasteiger partial charge in [0.25, 0.3) is 0 Å². The summed E-state index contributed by atoms with van der Waals surface area (Å²) in [6, 6.07) is 0. The number of hydrogen-bond acceptors (Lipinski definition) is 5. The fourth-order valence-electron chi connectivity index (χ4n) is 1.93. The van der Waals surface area contributed by atoms with Crippen LogP contribution >= 0.6 is 0 Å². The van der Waals surface area contributed by atoms with E-state index in [9.17, 15) is 13.2 Å². The number of rotatable bonds is 8. The second kappa shape index (κ2) is 7.62. The van der Waals surface area contributed by atoms with Crippen LogP contribution < -0.4 is 0 Å². The number of carbonyl (C=O) groups is 1. The van der Waals surface area contributed by atoms with E-state index in [0.29, 0.717) is 6.61 Å². The lowest BCUT2D eigenvalue weighted by Gasteiger charge is -2.23. The molecule has 0 radical (unpaired) electrons. The van der Waals surface area contributed by atoms with Gasteiger partial charge in [0.1, 0.15) is 0 Å². The summed E-state index contributed by atoms with van der Waals surface area (Å²) >= 11 is 0. The van der Waals surface area contributed by atoms with Crippen molar-refractivity contribution in [1.29, 1.82) is 0 Å².